The maximum Gasteiger partial charge on any atom is 0.124 e. The zero-order chi connectivity index (χ0) is 15.5. The van der Waals surface area contributed by atoms with E-state index in [1.807, 2.05) is 13.3 Å². The summed E-state index contributed by atoms with van der Waals surface area (Å²) in [7, 11) is 4.36. The Bertz CT molecular complexity index is 614. The summed E-state index contributed by atoms with van der Waals surface area (Å²) < 4.78 is 7.53. The Hall–Kier alpha value is -1.59. The molecule has 5 nitrogen and oxygen atoms in total. The van der Waals surface area contributed by atoms with E-state index in [0.29, 0.717) is 12.8 Å². The minimum absolute atomic E-state index is 0.570. The van der Waals surface area contributed by atoms with Gasteiger partial charge >= 0.3 is 0 Å². The van der Waals surface area contributed by atoms with E-state index in [0.717, 1.165) is 30.7 Å². The second kappa shape index (κ2) is 6.67. The van der Waals surface area contributed by atoms with Gasteiger partial charge in [-0.1, -0.05) is 0 Å². The molecule has 0 saturated carbocycles. The van der Waals surface area contributed by atoms with Crippen molar-refractivity contribution in [3.05, 3.63) is 24.5 Å². The average Bonchev–Trinajstić information content (AvgIpc) is 2.95. The summed E-state index contributed by atoms with van der Waals surface area (Å²) in [6, 6.07) is 7.29. The van der Waals surface area contributed by atoms with Gasteiger partial charge in [-0.3, -0.25) is 0 Å². The van der Waals surface area contributed by atoms with Crippen LogP contribution in [0.5, 0.6) is 0 Å². The Kier molecular flexibility index (Phi) is 4.64. The molecule has 3 rings (SSSR count). The highest BCUT2D eigenvalue weighted by atomic mass is 16.5. The molecule has 1 fully saturated rings. The van der Waals surface area contributed by atoms with Crippen molar-refractivity contribution in [3.8, 4) is 0 Å². The standard InChI is InChI=1S/C17H26N4O/c1-4-22-13-21-12-18-16-11-15(5-6-17(16)21)20-9-7-14(8-10-20)19(2)3/h5-6,11-12,14H,4,7-10,13H2,1-3H3. The molecule has 22 heavy (non-hydrogen) atoms. The van der Waals surface area contributed by atoms with Crippen LogP contribution in [0.25, 0.3) is 11.0 Å². The Morgan fingerprint density at radius 1 is 1.27 bits per heavy atom. The van der Waals surface area contributed by atoms with E-state index in [1.165, 1.54) is 18.5 Å². The molecule has 0 atom stereocenters. The second-order valence-electron chi connectivity index (χ2n) is 6.19. The van der Waals surface area contributed by atoms with Crippen molar-refractivity contribution >= 4 is 16.7 Å². The molecule has 0 spiro atoms. The first-order valence-corrected chi connectivity index (χ1v) is 8.13. The van der Waals surface area contributed by atoms with Crippen molar-refractivity contribution in [1.82, 2.24) is 14.5 Å². The van der Waals surface area contributed by atoms with Crippen molar-refractivity contribution in [3.63, 3.8) is 0 Å². The van der Waals surface area contributed by atoms with Crippen molar-refractivity contribution < 1.29 is 4.74 Å². The fourth-order valence-electron chi connectivity index (χ4n) is 3.18. The highest BCUT2D eigenvalue weighted by molar-refractivity contribution is 5.79. The molecule has 1 aromatic heterocycles. The van der Waals surface area contributed by atoms with Crippen LogP contribution < -0.4 is 4.90 Å². The Morgan fingerprint density at radius 3 is 2.73 bits per heavy atom. The van der Waals surface area contributed by atoms with Crippen LogP contribution in [0.1, 0.15) is 19.8 Å². The van der Waals surface area contributed by atoms with Gasteiger partial charge in [0.2, 0.25) is 0 Å². The largest absolute Gasteiger partial charge is 0.371 e. The van der Waals surface area contributed by atoms with Gasteiger partial charge in [0.15, 0.2) is 0 Å². The molecule has 0 bridgehead atoms. The van der Waals surface area contributed by atoms with E-state index in [2.05, 4.69) is 51.6 Å². The van der Waals surface area contributed by atoms with E-state index in [-0.39, 0.29) is 0 Å². The number of fused-ring (bicyclic) bond motifs is 1. The lowest BCUT2D eigenvalue weighted by atomic mass is 10.0. The number of anilines is 1. The molecule has 0 radical (unpaired) electrons. The highest BCUT2D eigenvalue weighted by Gasteiger charge is 2.21. The number of hydrogen-bond acceptors (Lipinski definition) is 4. The number of rotatable bonds is 5. The minimum atomic E-state index is 0.570. The number of imidazole rings is 1. The van der Waals surface area contributed by atoms with E-state index >= 15 is 0 Å². The predicted octanol–water partition coefficient (Wildman–Crippen LogP) is 2.56. The van der Waals surface area contributed by atoms with Crippen molar-refractivity contribution in [2.24, 2.45) is 0 Å². The van der Waals surface area contributed by atoms with E-state index in [4.69, 9.17) is 4.74 Å². The smallest absolute Gasteiger partial charge is 0.124 e. The van der Waals surface area contributed by atoms with Gasteiger partial charge in [-0.25, -0.2) is 4.98 Å². The summed E-state index contributed by atoms with van der Waals surface area (Å²) in [5.41, 5.74) is 3.47. The molecule has 0 aliphatic carbocycles. The summed E-state index contributed by atoms with van der Waals surface area (Å²) in [6.07, 6.45) is 4.32. The molecule has 1 aliphatic rings. The lowest BCUT2D eigenvalue weighted by Gasteiger charge is -2.36. The fourth-order valence-corrected chi connectivity index (χ4v) is 3.18. The predicted molar refractivity (Wildman–Crippen MR) is 90.3 cm³/mol. The maximum absolute atomic E-state index is 5.47. The van der Waals surface area contributed by atoms with Crippen LogP contribution in [-0.2, 0) is 11.5 Å². The SMILES string of the molecule is CCOCn1cnc2cc(N3CCC(N(C)C)CC3)ccc21. The van der Waals surface area contributed by atoms with E-state index < -0.39 is 0 Å². The first-order chi connectivity index (χ1) is 10.7. The highest BCUT2D eigenvalue weighted by Crippen LogP contribution is 2.25. The van der Waals surface area contributed by atoms with Crippen molar-refractivity contribution in [2.45, 2.75) is 32.5 Å². The number of ether oxygens (including phenoxy) is 1. The molecular formula is C17H26N4O. The van der Waals surface area contributed by atoms with Crippen LogP contribution >= 0.6 is 0 Å². The van der Waals surface area contributed by atoms with Gasteiger partial charge in [0.05, 0.1) is 17.4 Å². The summed E-state index contributed by atoms with van der Waals surface area (Å²) in [5, 5.41) is 0. The first-order valence-electron chi connectivity index (χ1n) is 8.13. The van der Waals surface area contributed by atoms with Crippen LogP contribution in [0.15, 0.2) is 24.5 Å². The summed E-state index contributed by atoms with van der Waals surface area (Å²) in [6.45, 7) is 5.54. The third-order valence-electron chi connectivity index (χ3n) is 4.60. The third kappa shape index (κ3) is 3.10. The normalized spacial score (nSPS) is 16.8. The van der Waals surface area contributed by atoms with Gasteiger partial charge in [-0.05, 0) is 52.1 Å². The molecule has 2 aromatic rings. The number of nitrogens with zero attached hydrogens (tertiary/aromatic N) is 4. The van der Waals surface area contributed by atoms with Crippen LogP contribution in [0.3, 0.4) is 0 Å². The van der Waals surface area contributed by atoms with Gasteiger partial charge in [0, 0.05) is 31.4 Å². The zero-order valence-electron chi connectivity index (χ0n) is 13.8. The molecule has 120 valence electrons. The summed E-state index contributed by atoms with van der Waals surface area (Å²) in [4.78, 5) is 9.33. The monoisotopic (exact) mass is 302 g/mol. The first kappa shape index (κ1) is 15.3. The van der Waals surface area contributed by atoms with E-state index in [9.17, 15) is 0 Å². The molecule has 1 aliphatic heterocycles. The zero-order valence-corrected chi connectivity index (χ0v) is 13.8. The topological polar surface area (TPSA) is 33.5 Å². The van der Waals surface area contributed by atoms with Crippen LogP contribution in [0.4, 0.5) is 5.69 Å². The quantitative estimate of drug-likeness (QED) is 0.850. The third-order valence-corrected chi connectivity index (χ3v) is 4.60. The lowest BCUT2D eigenvalue weighted by Crippen LogP contribution is -2.41. The summed E-state index contributed by atoms with van der Waals surface area (Å²) >= 11 is 0. The molecule has 1 aromatic carbocycles. The average molecular weight is 302 g/mol. The van der Waals surface area contributed by atoms with Crippen molar-refractivity contribution in [2.75, 3.05) is 38.7 Å². The van der Waals surface area contributed by atoms with Gasteiger partial charge in [-0.2, -0.15) is 0 Å². The number of benzene rings is 1. The molecule has 2 heterocycles. The Morgan fingerprint density at radius 2 is 2.05 bits per heavy atom. The van der Waals surface area contributed by atoms with Gasteiger partial charge in [-0.15, -0.1) is 0 Å². The van der Waals surface area contributed by atoms with Crippen molar-refractivity contribution in [1.29, 1.82) is 0 Å². The maximum atomic E-state index is 5.47. The number of aromatic nitrogens is 2. The lowest BCUT2D eigenvalue weighted by molar-refractivity contribution is 0.0905. The summed E-state index contributed by atoms with van der Waals surface area (Å²) in [5.74, 6) is 0. The second-order valence-corrected chi connectivity index (χ2v) is 6.19. The molecule has 0 N–H and O–H groups in total. The van der Waals surface area contributed by atoms with Gasteiger partial charge in [0.25, 0.3) is 0 Å². The van der Waals surface area contributed by atoms with E-state index in [1.54, 1.807) is 0 Å². The molecular weight excluding hydrogens is 276 g/mol. The number of hydrogen-bond donors (Lipinski definition) is 0. The van der Waals surface area contributed by atoms with Crippen LogP contribution in [0.2, 0.25) is 0 Å². The van der Waals surface area contributed by atoms with Crippen LogP contribution in [-0.4, -0.2) is 54.3 Å². The molecule has 0 unspecified atom stereocenters. The van der Waals surface area contributed by atoms with Gasteiger partial charge in [0.1, 0.15) is 6.73 Å². The molecule has 1 saturated heterocycles. The Labute approximate surface area is 132 Å². The molecule has 5 heteroatoms. The Balaban J connectivity index is 1.73. The fraction of sp³-hybridized carbons (Fsp3) is 0.588. The van der Waals surface area contributed by atoms with Crippen LogP contribution in [0, 0.1) is 0 Å². The number of piperidine rings is 1. The van der Waals surface area contributed by atoms with Gasteiger partial charge < -0.3 is 19.1 Å². The minimum Gasteiger partial charge on any atom is -0.371 e. The molecule has 0 amide bonds.